The lowest BCUT2D eigenvalue weighted by Crippen LogP contribution is -2.50. The third kappa shape index (κ3) is 4.40. The number of rotatable bonds is 4. The molecular formula is C24H23BrN4O3S. The first-order valence-corrected chi connectivity index (χ1v) is 13.0. The summed E-state index contributed by atoms with van der Waals surface area (Å²) in [5, 5.41) is 5.06. The van der Waals surface area contributed by atoms with E-state index in [1.807, 2.05) is 36.4 Å². The topological polar surface area (TPSA) is 82.1 Å². The molecule has 33 heavy (non-hydrogen) atoms. The van der Waals surface area contributed by atoms with E-state index in [1.165, 1.54) is 4.31 Å². The van der Waals surface area contributed by atoms with E-state index in [2.05, 4.69) is 26.2 Å². The number of benzene rings is 3. The second-order valence-corrected chi connectivity index (χ2v) is 10.9. The van der Waals surface area contributed by atoms with Crippen LogP contribution in [0.2, 0.25) is 0 Å². The molecule has 0 radical (unpaired) electrons. The summed E-state index contributed by atoms with van der Waals surface area (Å²) in [5.74, 6) is 0.769. The maximum atomic E-state index is 13.2. The summed E-state index contributed by atoms with van der Waals surface area (Å²) in [4.78, 5) is 19.3. The van der Waals surface area contributed by atoms with Gasteiger partial charge in [-0.1, -0.05) is 40.2 Å². The van der Waals surface area contributed by atoms with Gasteiger partial charge in [0.15, 0.2) is 0 Å². The fourth-order valence-corrected chi connectivity index (χ4v) is 6.02. The summed E-state index contributed by atoms with van der Waals surface area (Å²) < 4.78 is 28.8. The molecule has 0 saturated carbocycles. The van der Waals surface area contributed by atoms with Gasteiger partial charge >= 0.3 is 0 Å². The van der Waals surface area contributed by atoms with Crippen LogP contribution in [-0.2, 0) is 10.0 Å². The van der Waals surface area contributed by atoms with Gasteiger partial charge in [-0.15, -0.1) is 0 Å². The first-order chi connectivity index (χ1) is 15.9. The number of carbonyl (C=O) groups excluding carboxylic acids is 1. The summed E-state index contributed by atoms with van der Waals surface area (Å²) in [5.41, 5.74) is 1.55. The molecule has 3 aromatic carbocycles. The number of fused-ring (bicyclic) bond motifs is 1. The number of carbonyl (C=O) groups is 1. The van der Waals surface area contributed by atoms with E-state index in [0.717, 1.165) is 39.7 Å². The van der Waals surface area contributed by atoms with Crippen LogP contribution >= 0.6 is 15.9 Å². The Bertz CT molecular complexity index is 1350. The normalized spacial score (nSPS) is 17.1. The van der Waals surface area contributed by atoms with Crippen molar-refractivity contribution < 1.29 is 13.2 Å². The highest BCUT2D eigenvalue weighted by Gasteiger charge is 2.30. The Hall–Kier alpha value is -2.75. The van der Waals surface area contributed by atoms with Crippen molar-refractivity contribution in [3.8, 4) is 0 Å². The molecule has 0 aliphatic carbocycles. The molecule has 0 atom stereocenters. The van der Waals surface area contributed by atoms with Gasteiger partial charge in [-0.3, -0.25) is 9.79 Å². The highest BCUT2D eigenvalue weighted by Crippen LogP contribution is 2.25. The average Bonchev–Trinajstić information content (AvgIpc) is 3.38. The first-order valence-electron chi connectivity index (χ1n) is 10.8. The van der Waals surface area contributed by atoms with Crippen molar-refractivity contribution in [3.63, 3.8) is 0 Å². The highest BCUT2D eigenvalue weighted by molar-refractivity contribution is 9.10. The van der Waals surface area contributed by atoms with Crippen LogP contribution in [-0.4, -0.2) is 68.6 Å². The van der Waals surface area contributed by atoms with Gasteiger partial charge in [0.2, 0.25) is 10.0 Å². The number of aliphatic imine (C=N–C) groups is 1. The lowest BCUT2D eigenvalue weighted by atomic mass is 10.1. The zero-order valence-electron chi connectivity index (χ0n) is 17.9. The molecule has 170 valence electrons. The predicted octanol–water partition coefficient (Wildman–Crippen LogP) is 3.10. The maximum absolute atomic E-state index is 13.2. The minimum absolute atomic E-state index is 0.0869. The van der Waals surface area contributed by atoms with E-state index >= 15 is 0 Å². The molecule has 7 nitrogen and oxygen atoms in total. The molecule has 2 aliphatic rings. The third-order valence-corrected chi connectivity index (χ3v) is 8.40. The molecule has 0 spiro atoms. The van der Waals surface area contributed by atoms with E-state index in [1.54, 1.807) is 29.2 Å². The lowest BCUT2D eigenvalue weighted by molar-refractivity contribution is 0.0698. The fourth-order valence-electron chi connectivity index (χ4n) is 4.18. The van der Waals surface area contributed by atoms with Crippen LogP contribution in [0.25, 0.3) is 10.8 Å². The number of halogens is 1. The van der Waals surface area contributed by atoms with Crippen molar-refractivity contribution in [1.82, 2.24) is 14.5 Å². The second-order valence-electron chi connectivity index (χ2n) is 8.08. The number of nitrogens with one attached hydrogen (secondary N) is 1. The van der Waals surface area contributed by atoms with Crippen molar-refractivity contribution in [2.75, 3.05) is 39.3 Å². The molecule has 0 aromatic heterocycles. The van der Waals surface area contributed by atoms with Crippen LogP contribution in [0, 0.1) is 0 Å². The number of hydrogen-bond donors (Lipinski definition) is 1. The molecule has 5 rings (SSSR count). The summed E-state index contributed by atoms with van der Waals surface area (Å²) >= 11 is 3.44. The zero-order valence-corrected chi connectivity index (χ0v) is 20.3. The van der Waals surface area contributed by atoms with E-state index in [0.29, 0.717) is 18.7 Å². The Morgan fingerprint density at radius 1 is 0.909 bits per heavy atom. The smallest absolute Gasteiger partial charge is 0.253 e. The van der Waals surface area contributed by atoms with E-state index < -0.39 is 10.0 Å². The summed E-state index contributed by atoms with van der Waals surface area (Å²) in [6, 6.07) is 18.3. The van der Waals surface area contributed by atoms with Gasteiger partial charge in [0, 0.05) is 48.3 Å². The van der Waals surface area contributed by atoms with Crippen LogP contribution in [0.4, 0.5) is 0 Å². The van der Waals surface area contributed by atoms with Crippen molar-refractivity contribution in [3.05, 3.63) is 76.3 Å². The molecule has 1 fully saturated rings. The highest BCUT2D eigenvalue weighted by atomic mass is 79.9. The van der Waals surface area contributed by atoms with Crippen molar-refractivity contribution >= 4 is 48.5 Å². The molecule has 0 unspecified atom stereocenters. The summed E-state index contributed by atoms with van der Waals surface area (Å²) in [6.45, 7) is 2.85. The van der Waals surface area contributed by atoms with Gasteiger partial charge in [-0.05, 0) is 47.2 Å². The summed E-state index contributed by atoms with van der Waals surface area (Å²) in [7, 11) is -3.63. The quantitative estimate of drug-likeness (QED) is 0.566. The van der Waals surface area contributed by atoms with Gasteiger partial charge in [0.05, 0.1) is 11.4 Å². The van der Waals surface area contributed by atoms with E-state index in [-0.39, 0.29) is 23.9 Å². The fraction of sp³-hybridized carbons (Fsp3) is 0.250. The maximum Gasteiger partial charge on any atom is 0.253 e. The molecule has 1 amide bonds. The number of amidine groups is 1. The number of sulfonamides is 1. The van der Waals surface area contributed by atoms with Crippen LogP contribution in [0.1, 0.15) is 15.9 Å². The van der Waals surface area contributed by atoms with E-state index in [9.17, 15) is 13.2 Å². The van der Waals surface area contributed by atoms with E-state index in [4.69, 9.17) is 0 Å². The van der Waals surface area contributed by atoms with Gasteiger partial charge in [0.1, 0.15) is 5.84 Å². The Balaban J connectivity index is 1.26. The number of piperazine rings is 1. The van der Waals surface area contributed by atoms with Gasteiger partial charge in [-0.25, -0.2) is 8.42 Å². The first kappa shape index (κ1) is 22.1. The monoisotopic (exact) mass is 526 g/mol. The third-order valence-electron chi connectivity index (χ3n) is 6.02. The molecule has 3 aromatic rings. The predicted molar refractivity (Wildman–Crippen MR) is 132 cm³/mol. The van der Waals surface area contributed by atoms with Gasteiger partial charge in [-0.2, -0.15) is 4.31 Å². The number of amides is 1. The lowest BCUT2D eigenvalue weighted by Gasteiger charge is -2.34. The molecule has 9 heteroatoms. The van der Waals surface area contributed by atoms with Crippen molar-refractivity contribution in [2.45, 2.75) is 4.90 Å². The second kappa shape index (κ2) is 8.89. The Morgan fingerprint density at radius 3 is 2.30 bits per heavy atom. The number of nitrogens with zero attached hydrogens (tertiary/aromatic N) is 3. The van der Waals surface area contributed by atoms with Crippen LogP contribution < -0.4 is 5.32 Å². The van der Waals surface area contributed by atoms with Crippen LogP contribution in [0.15, 0.2) is 75.0 Å². The van der Waals surface area contributed by atoms with Gasteiger partial charge < -0.3 is 10.2 Å². The van der Waals surface area contributed by atoms with Crippen LogP contribution in [0.5, 0.6) is 0 Å². The average molecular weight is 527 g/mol. The summed E-state index contributed by atoms with van der Waals surface area (Å²) in [6.07, 6.45) is 0. The number of hydrogen-bond acceptors (Lipinski definition) is 5. The molecular weight excluding hydrogens is 504 g/mol. The minimum Gasteiger partial charge on any atom is -0.368 e. The van der Waals surface area contributed by atoms with Crippen LogP contribution in [0.3, 0.4) is 0 Å². The molecule has 2 aliphatic heterocycles. The molecule has 1 N–H and O–H groups in total. The van der Waals surface area contributed by atoms with Gasteiger partial charge in [0.25, 0.3) is 5.91 Å². The Morgan fingerprint density at radius 2 is 1.61 bits per heavy atom. The largest absolute Gasteiger partial charge is 0.368 e. The Kier molecular flexibility index (Phi) is 5.94. The minimum atomic E-state index is -3.63. The zero-order chi connectivity index (χ0) is 23.0. The molecule has 1 saturated heterocycles. The SMILES string of the molecule is O=C(c1ccc(C2=NCCN2)cc1)N1CCN(S(=O)(=O)c2ccc3cc(Br)ccc3c2)CC1. The Labute approximate surface area is 201 Å². The van der Waals surface area contributed by atoms with Crippen molar-refractivity contribution in [2.24, 2.45) is 4.99 Å². The standard InChI is InChI=1S/C24H23BrN4O3S/c25-21-7-5-20-16-22(8-6-19(20)15-21)33(31,32)29-13-11-28(12-14-29)24(30)18-3-1-17(2-4-18)23-26-9-10-27-23/h1-8,15-16H,9-14H2,(H,26,27). The van der Waals surface area contributed by atoms with Crippen molar-refractivity contribution in [1.29, 1.82) is 0 Å². The molecule has 2 heterocycles. The molecule has 0 bridgehead atoms.